The van der Waals surface area contributed by atoms with Gasteiger partial charge in [0.05, 0.1) is 6.20 Å². The van der Waals surface area contributed by atoms with Crippen molar-refractivity contribution in [2.24, 2.45) is 0 Å². The van der Waals surface area contributed by atoms with E-state index in [1.54, 1.807) is 0 Å². The summed E-state index contributed by atoms with van der Waals surface area (Å²) in [5.74, 6) is 1.42. The summed E-state index contributed by atoms with van der Waals surface area (Å²) in [7, 11) is 0. The van der Waals surface area contributed by atoms with Crippen molar-refractivity contribution in [1.29, 1.82) is 0 Å². The maximum absolute atomic E-state index is 6.15. The van der Waals surface area contributed by atoms with Crippen molar-refractivity contribution in [3.05, 3.63) is 85.1 Å². The van der Waals surface area contributed by atoms with Gasteiger partial charge in [-0.1, -0.05) is 48.5 Å². The Morgan fingerprint density at radius 1 is 0.714 bits per heavy atom. The molecule has 1 heterocycles. The first-order valence-electron chi connectivity index (χ1n) is 9.76. The van der Waals surface area contributed by atoms with Crippen LogP contribution < -0.4 is 4.90 Å². The second-order valence-corrected chi connectivity index (χ2v) is 6.66. The zero-order chi connectivity index (χ0) is 19.3. The third kappa shape index (κ3) is 3.56. The molecular weight excluding hydrogens is 344 g/mol. The Hall–Kier alpha value is -3.33. The van der Waals surface area contributed by atoms with Crippen LogP contribution in [0.4, 0.5) is 5.69 Å². The minimum atomic E-state index is 0.641. The maximum Gasteiger partial charge on any atom is 0.227 e. The van der Waals surface area contributed by atoms with Gasteiger partial charge in [-0.3, -0.25) is 0 Å². The van der Waals surface area contributed by atoms with Crippen molar-refractivity contribution < 1.29 is 4.42 Å². The Bertz CT molecular complexity index is 1030. The number of hydrogen-bond donors (Lipinski definition) is 0. The smallest absolute Gasteiger partial charge is 0.227 e. The molecule has 0 N–H and O–H groups in total. The molecule has 0 amide bonds. The molecule has 140 valence electrons. The lowest BCUT2D eigenvalue weighted by Gasteiger charge is -2.20. The first kappa shape index (κ1) is 18.1. The van der Waals surface area contributed by atoms with Gasteiger partial charge in [-0.05, 0) is 55.3 Å². The van der Waals surface area contributed by atoms with E-state index in [0.29, 0.717) is 5.89 Å². The van der Waals surface area contributed by atoms with Gasteiger partial charge in [0.15, 0.2) is 5.76 Å². The fourth-order valence-electron chi connectivity index (χ4n) is 3.50. The van der Waals surface area contributed by atoms with Crippen LogP contribution in [-0.4, -0.2) is 18.1 Å². The van der Waals surface area contributed by atoms with Crippen LogP contribution in [0.2, 0.25) is 0 Å². The number of anilines is 1. The predicted octanol–water partition coefficient (Wildman–Crippen LogP) is 6.52. The predicted molar refractivity (Wildman–Crippen MR) is 116 cm³/mol. The molecule has 1 aromatic heterocycles. The first-order valence-corrected chi connectivity index (χ1v) is 9.76. The highest BCUT2D eigenvalue weighted by Gasteiger charge is 2.13. The quantitative estimate of drug-likeness (QED) is 0.388. The molecule has 3 heteroatoms. The van der Waals surface area contributed by atoms with E-state index < -0.39 is 0 Å². The van der Waals surface area contributed by atoms with Gasteiger partial charge in [0.1, 0.15) is 0 Å². The fraction of sp³-hybridized carbons (Fsp3) is 0.160. The summed E-state index contributed by atoms with van der Waals surface area (Å²) in [5, 5.41) is 0. The average molecular weight is 368 g/mol. The van der Waals surface area contributed by atoms with Gasteiger partial charge in [0.2, 0.25) is 5.89 Å². The lowest BCUT2D eigenvalue weighted by Crippen LogP contribution is -2.21. The highest BCUT2D eigenvalue weighted by molar-refractivity contribution is 5.80. The topological polar surface area (TPSA) is 29.3 Å². The molecule has 28 heavy (non-hydrogen) atoms. The number of rotatable bonds is 6. The molecule has 0 aliphatic heterocycles. The normalized spacial score (nSPS) is 10.8. The molecule has 0 aliphatic carbocycles. The van der Waals surface area contributed by atoms with Crippen molar-refractivity contribution >= 4 is 5.69 Å². The van der Waals surface area contributed by atoms with E-state index in [0.717, 1.165) is 41.1 Å². The second-order valence-electron chi connectivity index (χ2n) is 6.66. The molecule has 0 aliphatic rings. The van der Waals surface area contributed by atoms with Gasteiger partial charge < -0.3 is 9.32 Å². The van der Waals surface area contributed by atoms with Crippen molar-refractivity contribution in [3.63, 3.8) is 0 Å². The van der Waals surface area contributed by atoms with Crippen LogP contribution in [0.3, 0.4) is 0 Å². The molecule has 0 atom stereocenters. The Labute approximate surface area is 166 Å². The van der Waals surface area contributed by atoms with E-state index in [1.807, 2.05) is 36.5 Å². The van der Waals surface area contributed by atoms with Crippen LogP contribution in [0.25, 0.3) is 33.9 Å². The van der Waals surface area contributed by atoms with Crippen molar-refractivity contribution in [2.75, 3.05) is 18.0 Å². The molecule has 4 aromatic rings. The van der Waals surface area contributed by atoms with Crippen LogP contribution in [0.1, 0.15) is 13.8 Å². The Balaban J connectivity index is 1.66. The van der Waals surface area contributed by atoms with Crippen molar-refractivity contribution in [3.8, 4) is 33.9 Å². The summed E-state index contributed by atoms with van der Waals surface area (Å²) in [4.78, 5) is 6.89. The van der Waals surface area contributed by atoms with E-state index in [2.05, 4.69) is 72.3 Å². The number of oxazole rings is 1. The zero-order valence-corrected chi connectivity index (χ0v) is 16.3. The molecule has 0 spiro atoms. The molecule has 0 saturated carbocycles. The molecule has 0 unspecified atom stereocenters. The largest absolute Gasteiger partial charge is 0.436 e. The van der Waals surface area contributed by atoms with Crippen LogP contribution in [0, 0.1) is 0 Å². The van der Waals surface area contributed by atoms with E-state index in [1.165, 1.54) is 5.69 Å². The third-order valence-electron chi connectivity index (χ3n) is 5.03. The highest BCUT2D eigenvalue weighted by Crippen LogP contribution is 2.33. The van der Waals surface area contributed by atoms with Crippen LogP contribution in [-0.2, 0) is 0 Å². The Morgan fingerprint density at radius 2 is 1.36 bits per heavy atom. The second kappa shape index (κ2) is 8.13. The van der Waals surface area contributed by atoms with E-state index in [-0.39, 0.29) is 0 Å². The van der Waals surface area contributed by atoms with Crippen molar-refractivity contribution in [1.82, 2.24) is 4.98 Å². The summed E-state index contributed by atoms with van der Waals surface area (Å²) in [6.07, 6.45) is 1.81. The third-order valence-corrected chi connectivity index (χ3v) is 5.03. The molecule has 3 nitrogen and oxygen atoms in total. The van der Waals surface area contributed by atoms with E-state index in [9.17, 15) is 0 Å². The number of aromatic nitrogens is 1. The minimum Gasteiger partial charge on any atom is -0.436 e. The summed E-state index contributed by atoms with van der Waals surface area (Å²) in [6.45, 7) is 6.34. The number of nitrogens with zero attached hydrogens (tertiary/aromatic N) is 2. The van der Waals surface area contributed by atoms with E-state index >= 15 is 0 Å². The molecule has 0 fully saturated rings. The molecule has 3 aromatic carbocycles. The zero-order valence-electron chi connectivity index (χ0n) is 16.3. The minimum absolute atomic E-state index is 0.641. The van der Waals surface area contributed by atoms with Gasteiger partial charge in [-0.25, -0.2) is 4.98 Å². The van der Waals surface area contributed by atoms with Gasteiger partial charge in [0.25, 0.3) is 0 Å². The standard InChI is InChI=1S/C25H24N2O/c1-3-27(4-2)21-16-14-20(15-17-21)24-18-26-25(28-24)23-13-9-8-12-22(23)19-10-6-5-7-11-19/h5-18H,3-4H2,1-2H3. The molecular formula is C25H24N2O. The molecule has 0 bridgehead atoms. The van der Waals surface area contributed by atoms with Crippen LogP contribution in [0.5, 0.6) is 0 Å². The van der Waals surface area contributed by atoms with Gasteiger partial charge in [-0.15, -0.1) is 0 Å². The fourth-order valence-corrected chi connectivity index (χ4v) is 3.50. The number of benzene rings is 3. The van der Waals surface area contributed by atoms with E-state index in [4.69, 9.17) is 4.42 Å². The Kier molecular flexibility index (Phi) is 5.24. The summed E-state index contributed by atoms with van der Waals surface area (Å²) in [6, 6.07) is 27.0. The first-order chi connectivity index (χ1) is 13.8. The molecule has 0 saturated heterocycles. The van der Waals surface area contributed by atoms with Crippen LogP contribution >= 0.6 is 0 Å². The van der Waals surface area contributed by atoms with Gasteiger partial charge in [-0.2, -0.15) is 0 Å². The lowest BCUT2D eigenvalue weighted by atomic mass is 10.00. The summed E-state index contributed by atoms with van der Waals surface area (Å²) < 4.78 is 6.15. The summed E-state index contributed by atoms with van der Waals surface area (Å²) >= 11 is 0. The Morgan fingerprint density at radius 3 is 2.04 bits per heavy atom. The van der Waals surface area contributed by atoms with Crippen molar-refractivity contribution in [2.45, 2.75) is 13.8 Å². The SMILES string of the molecule is CCN(CC)c1ccc(-c2cnc(-c3ccccc3-c3ccccc3)o2)cc1. The highest BCUT2D eigenvalue weighted by atomic mass is 16.4. The number of hydrogen-bond acceptors (Lipinski definition) is 3. The molecule has 4 rings (SSSR count). The maximum atomic E-state index is 6.15. The van der Waals surface area contributed by atoms with Gasteiger partial charge >= 0.3 is 0 Å². The van der Waals surface area contributed by atoms with Crippen LogP contribution in [0.15, 0.2) is 89.5 Å². The summed E-state index contributed by atoms with van der Waals surface area (Å²) in [5.41, 5.74) is 5.53. The lowest BCUT2D eigenvalue weighted by molar-refractivity contribution is 0.589. The molecule has 0 radical (unpaired) electrons. The average Bonchev–Trinajstić information content (AvgIpc) is 3.26. The van der Waals surface area contributed by atoms with Gasteiger partial charge in [0, 0.05) is 29.9 Å². The monoisotopic (exact) mass is 368 g/mol.